The highest BCUT2D eigenvalue weighted by Gasteiger charge is 2.44. The summed E-state index contributed by atoms with van der Waals surface area (Å²) in [5.74, 6) is 0. The molecule has 0 amide bonds. The molecule has 3 heteroatoms. The van der Waals surface area contributed by atoms with E-state index in [0.717, 1.165) is 12.8 Å². The Morgan fingerprint density at radius 1 is 1.17 bits per heavy atom. The standard InChI is InChI=1S/C9H18NOS/c1-8(2)5-7(12)6-9(3,4)10(8)11/h7,12H,5-6H2,1-4H3. The first-order valence-electron chi connectivity index (χ1n) is 4.41. The van der Waals surface area contributed by atoms with Crippen molar-refractivity contribution in [1.29, 1.82) is 0 Å². The Morgan fingerprint density at radius 2 is 1.50 bits per heavy atom. The highest BCUT2D eigenvalue weighted by molar-refractivity contribution is 7.80. The van der Waals surface area contributed by atoms with Gasteiger partial charge in [-0.3, -0.25) is 0 Å². The smallest absolute Gasteiger partial charge is 0.0454 e. The molecule has 1 rings (SSSR count). The predicted molar refractivity (Wildman–Crippen MR) is 52.7 cm³/mol. The van der Waals surface area contributed by atoms with E-state index in [-0.39, 0.29) is 11.1 Å². The number of hydroxylamine groups is 2. The number of hydrogen-bond donors (Lipinski definition) is 1. The molecule has 71 valence electrons. The molecule has 0 aliphatic carbocycles. The second-order valence-corrected chi connectivity index (χ2v) is 5.71. The molecule has 0 N–H and O–H groups in total. The summed E-state index contributed by atoms with van der Waals surface area (Å²) < 4.78 is 0. The van der Waals surface area contributed by atoms with Crippen LogP contribution in [0.1, 0.15) is 40.5 Å². The third kappa shape index (κ3) is 1.78. The summed E-state index contributed by atoms with van der Waals surface area (Å²) in [6.07, 6.45) is 1.76. The lowest BCUT2D eigenvalue weighted by atomic mass is 9.82. The molecule has 0 aromatic heterocycles. The lowest BCUT2D eigenvalue weighted by molar-refractivity contribution is -0.285. The normalized spacial score (nSPS) is 30.5. The van der Waals surface area contributed by atoms with Gasteiger partial charge in [-0.05, 0) is 40.5 Å². The molecule has 0 spiro atoms. The fourth-order valence-electron chi connectivity index (χ4n) is 2.21. The van der Waals surface area contributed by atoms with Crippen LogP contribution in [0, 0.1) is 0 Å². The largest absolute Gasteiger partial charge is 0.176 e. The molecule has 0 unspecified atom stereocenters. The Morgan fingerprint density at radius 3 is 1.83 bits per heavy atom. The van der Waals surface area contributed by atoms with Crippen LogP contribution in [0.4, 0.5) is 0 Å². The number of nitrogens with zero attached hydrogens (tertiary/aromatic N) is 1. The number of hydrogen-bond acceptors (Lipinski definition) is 2. The molecule has 1 aliphatic rings. The second kappa shape index (κ2) is 2.89. The van der Waals surface area contributed by atoms with E-state index in [9.17, 15) is 5.21 Å². The van der Waals surface area contributed by atoms with Crippen LogP contribution in [-0.4, -0.2) is 21.4 Å². The van der Waals surface area contributed by atoms with Crippen LogP contribution in [0.15, 0.2) is 0 Å². The van der Waals surface area contributed by atoms with Gasteiger partial charge in [-0.2, -0.15) is 12.6 Å². The van der Waals surface area contributed by atoms with E-state index in [1.807, 2.05) is 27.7 Å². The fourth-order valence-corrected chi connectivity index (χ4v) is 3.10. The zero-order valence-corrected chi connectivity index (χ0v) is 9.19. The monoisotopic (exact) mass is 188 g/mol. The van der Waals surface area contributed by atoms with E-state index in [1.165, 1.54) is 5.06 Å². The van der Waals surface area contributed by atoms with E-state index in [0.29, 0.717) is 5.25 Å². The first kappa shape index (κ1) is 10.4. The van der Waals surface area contributed by atoms with E-state index < -0.39 is 0 Å². The second-order valence-electron chi connectivity index (χ2n) is 4.98. The highest BCUT2D eigenvalue weighted by Crippen LogP contribution is 2.38. The molecule has 12 heavy (non-hydrogen) atoms. The Bertz CT molecular complexity index is 161. The third-order valence-electron chi connectivity index (χ3n) is 2.57. The molecule has 1 aliphatic heterocycles. The molecule has 1 saturated heterocycles. The quantitative estimate of drug-likeness (QED) is 0.579. The van der Waals surface area contributed by atoms with Gasteiger partial charge < -0.3 is 0 Å². The van der Waals surface area contributed by atoms with Crippen molar-refractivity contribution < 1.29 is 5.21 Å². The van der Waals surface area contributed by atoms with Gasteiger partial charge in [0.1, 0.15) is 0 Å². The summed E-state index contributed by atoms with van der Waals surface area (Å²) in [5, 5.41) is 13.4. The van der Waals surface area contributed by atoms with Crippen LogP contribution in [0.25, 0.3) is 0 Å². The van der Waals surface area contributed by atoms with Crippen LogP contribution in [-0.2, 0) is 5.21 Å². The summed E-state index contributed by atoms with van der Waals surface area (Å²) in [6.45, 7) is 7.96. The Labute approximate surface area is 80.3 Å². The van der Waals surface area contributed by atoms with Crippen molar-refractivity contribution in [1.82, 2.24) is 5.06 Å². The van der Waals surface area contributed by atoms with Gasteiger partial charge in [0.2, 0.25) is 0 Å². The average molecular weight is 188 g/mol. The number of piperidine rings is 1. The molecule has 0 atom stereocenters. The Balaban J connectivity index is 2.84. The summed E-state index contributed by atoms with van der Waals surface area (Å²) in [5.41, 5.74) is -0.512. The van der Waals surface area contributed by atoms with Crippen molar-refractivity contribution in [3.63, 3.8) is 0 Å². The molecule has 0 aromatic rings. The minimum atomic E-state index is -0.256. The molecule has 0 saturated carbocycles. The molecule has 1 radical (unpaired) electrons. The molecular weight excluding hydrogens is 170 g/mol. The van der Waals surface area contributed by atoms with Gasteiger partial charge in [-0.25, -0.2) is 0 Å². The maximum atomic E-state index is 11.8. The van der Waals surface area contributed by atoms with Gasteiger partial charge in [0.15, 0.2) is 0 Å². The molecular formula is C9H18NOS. The highest BCUT2D eigenvalue weighted by atomic mass is 32.1. The fraction of sp³-hybridized carbons (Fsp3) is 1.00. The zero-order chi connectivity index (χ0) is 9.57. The maximum absolute atomic E-state index is 11.8. The Hall–Kier alpha value is 0.270. The minimum Gasteiger partial charge on any atom is -0.176 e. The first-order chi connectivity index (χ1) is 5.26. The molecule has 0 bridgehead atoms. The maximum Gasteiger partial charge on any atom is 0.0454 e. The average Bonchev–Trinajstić information content (AvgIpc) is 1.80. The molecule has 2 nitrogen and oxygen atoms in total. The number of rotatable bonds is 0. The summed E-state index contributed by atoms with van der Waals surface area (Å²) in [4.78, 5) is 0. The van der Waals surface area contributed by atoms with Gasteiger partial charge in [0, 0.05) is 16.3 Å². The summed E-state index contributed by atoms with van der Waals surface area (Å²) >= 11 is 4.46. The van der Waals surface area contributed by atoms with Gasteiger partial charge in [-0.1, -0.05) is 0 Å². The van der Waals surface area contributed by atoms with E-state index >= 15 is 0 Å². The van der Waals surface area contributed by atoms with E-state index in [1.54, 1.807) is 0 Å². The number of thiol groups is 1. The van der Waals surface area contributed by atoms with Gasteiger partial charge in [0.25, 0.3) is 0 Å². The summed E-state index contributed by atoms with van der Waals surface area (Å²) in [6, 6.07) is 0. The van der Waals surface area contributed by atoms with Crippen molar-refractivity contribution >= 4 is 12.6 Å². The van der Waals surface area contributed by atoms with Gasteiger partial charge in [-0.15, -0.1) is 10.3 Å². The minimum absolute atomic E-state index is 0.256. The van der Waals surface area contributed by atoms with Crippen molar-refractivity contribution in [2.45, 2.75) is 56.9 Å². The van der Waals surface area contributed by atoms with Crippen LogP contribution >= 0.6 is 12.6 Å². The van der Waals surface area contributed by atoms with Crippen molar-refractivity contribution in [2.24, 2.45) is 0 Å². The van der Waals surface area contributed by atoms with Crippen molar-refractivity contribution in [2.75, 3.05) is 0 Å². The molecule has 1 heterocycles. The topological polar surface area (TPSA) is 23.1 Å². The van der Waals surface area contributed by atoms with Crippen molar-refractivity contribution in [3.8, 4) is 0 Å². The molecule has 1 fully saturated rings. The lowest BCUT2D eigenvalue weighted by Gasteiger charge is -2.48. The Kier molecular flexibility index (Phi) is 2.50. The van der Waals surface area contributed by atoms with E-state index in [4.69, 9.17) is 0 Å². The van der Waals surface area contributed by atoms with E-state index in [2.05, 4.69) is 12.6 Å². The van der Waals surface area contributed by atoms with Crippen LogP contribution in [0.5, 0.6) is 0 Å². The SMILES string of the molecule is CC1(C)CC(S)CC(C)(C)N1[O]. The third-order valence-corrected chi connectivity index (χ3v) is 2.94. The van der Waals surface area contributed by atoms with Gasteiger partial charge >= 0.3 is 0 Å². The first-order valence-corrected chi connectivity index (χ1v) is 4.93. The lowest BCUT2D eigenvalue weighted by Crippen LogP contribution is -2.58. The zero-order valence-electron chi connectivity index (χ0n) is 8.29. The van der Waals surface area contributed by atoms with Crippen molar-refractivity contribution in [3.05, 3.63) is 0 Å². The van der Waals surface area contributed by atoms with Crippen LogP contribution in [0.3, 0.4) is 0 Å². The van der Waals surface area contributed by atoms with Crippen LogP contribution in [0.2, 0.25) is 0 Å². The van der Waals surface area contributed by atoms with Crippen LogP contribution < -0.4 is 0 Å². The molecule has 0 aromatic carbocycles. The predicted octanol–water partition coefficient (Wildman–Crippen LogP) is 2.28. The van der Waals surface area contributed by atoms with Gasteiger partial charge in [0.05, 0.1) is 0 Å². The summed E-state index contributed by atoms with van der Waals surface area (Å²) in [7, 11) is 0.